The van der Waals surface area contributed by atoms with Crippen molar-refractivity contribution in [3.63, 3.8) is 0 Å². The van der Waals surface area contributed by atoms with Gasteiger partial charge in [-0.1, -0.05) is 58.0 Å². The molecule has 0 radical (unpaired) electrons. The lowest BCUT2D eigenvalue weighted by Crippen LogP contribution is -1.78. The molecule has 0 saturated heterocycles. The summed E-state index contributed by atoms with van der Waals surface area (Å²) >= 11 is 29.6. The van der Waals surface area contributed by atoms with Crippen molar-refractivity contribution >= 4 is 69.0 Å². The normalized spacial score (nSPS) is 11.4. The summed E-state index contributed by atoms with van der Waals surface area (Å²) in [5, 5.41) is 10.0. The number of hydrogen-bond donors (Lipinski definition) is 1. The molecule has 0 unspecified atom stereocenters. The quantitative estimate of drug-likeness (QED) is 0.579. The van der Waals surface area contributed by atoms with E-state index in [1.165, 1.54) is 0 Å². The average molecular weight is 320 g/mol. The molecule has 7 heteroatoms. The van der Waals surface area contributed by atoms with Crippen LogP contribution in [-0.4, -0.2) is 5.11 Å². The number of fused-ring (bicyclic) bond motifs is 1. The van der Waals surface area contributed by atoms with Gasteiger partial charge in [0.1, 0.15) is 17.4 Å². The maximum Gasteiger partial charge on any atom is 0.157 e. The summed E-state index contributed by atoms with van der Waals surface area (Å²) < 4.78 is 5.25. The van der Waals surface area contributed by atoms with Crippen LogP contribution in [0.3, 0.4) is 0 Å². The number of aliphatic hydroxyl groups excluding tert-OH is 1. The second-order valence-corrected chi connectivity index (χ2v) is 4.85. The summed E-state index contributed by atoms with van der Waals surface area (Å²) in [7, 11) is 0. The molecule has 1 N–H and O–H groups in total. The highest BCUT2D eigenvalue weighted by Gasteiger charge is 2.22. The molecule has 0 bridgehead atoms. The van der Waals surface area contributed by atoms with Crippen molar-refractivity contribution in [3.05, 3.63) is 30.9 Å². The zero-order valence-electron chi connectivity index (χ0n) is 7.45. The van der Waals surface area contributed by atoms with Crippen LogP contribution in [0.1, 0.15) is 5.76 Å². The van der Waals surface area contributed by atoms with E-state index < -0.39 is 0 Å². The standard InChI is InChI=1S/C9H3Cl5O2/c10-4-2(1-15)16-9-3(4)5(11)6(12)7(13)8(9)14/h15H,1H2. The van der Waals surface area contributed by atoms with Gasteiger partial charge in [-0.25, -0.2) is 0 Å². The third kappa shape index (κ3) is 1.69. The van der Waals surface area contributed by atoms with E-state index in [1.54, 1.807) is 0 Å². The molecule has 2 aromatic rings. The second kappa shape index (κ2) is 4.45. The van der Waals surface area contributed by atoms with Gasteiger partial charge in [0.15, 0.2) is 5.58 Å². The van der Waals surface area contributed by atoms with E-state index in [0.29, 0.717) is 5.39 Å². The predicted octanol–water partition coefficient (Wildman–Crippen LogP) is 5.19. The molecule has 16 heavy (non-hydrogen) atoms. The van der Waals surface area contributed by atoms with Gasteiger partial charge in [-0.2, -0.15) is 0 Å². The van der Waals surface area contributed by atoms with E-state index in [-0.39, 0.29) is 43.1 Å². The summed E-state index contributed by atoms with van der Waals surface area (Å²) in [5.41, 5.74) is 0.218. The Hall–Kier alpha value is 0.170. The van der Waals surface area contributed by atoms with E-state index in [0.717, 1.165) is 0 Å². The molecule has 0 atom stereocenters. The highest BCUT2D eigenvalue weighted by molar-refractivity contribution is 6.56. The summed E-state index contributed by atoms with van der Waals surface area (Å²) in [6.45, 7) is -0.366. The lowest BCUT2D eigenvalue weighted by molar-refractivity contribution is 0.251. The molecule has 2 nitrogen and oxygen atoms in total. The molecule has 0 aliphatic rings. The maximum atomic E-state index is 9.01. The van der Waals surface area contributed by atoms with Gasteiger partial charge < -0.3 is 9.52 Å². The van der Waals surface area contributed by atoms with Crippen LogP contribution in [0, 0.1) is 0 Å². The van der Waals surface area contributed by atoms with Crippen molar-refractivity contribution in [2.45, 2.75) is 6.61 Å². The molecule has 0 aliphatic carbocycles. The van der Waals surface area contributed by atoms with Crippen molar-refractivity contribution in [3.8, 4) is 0 Å². The van der Waals surface area contributed by atoms with E-state index in [2.05, 4.69) is 0 Å². The summed E-state index contributed by atoms with van der Waals surface area (Å²) in [6, 6.07) is 0. The van der Waals surface area contributed by atoms with Crippen LogP contribution in [0.15, 0.2) is 4.42 Å². The van der Waals surface area contributed by atoms with Gasteiger partial charge >= 0.3 is 0 Å². The molecule has 0 spiro atoms. The Kier molecular flexibility index (Phi) is 3.51. The zero-order chi connectivity index (χ0) is 12.0. The monoisotopic (exact) mass is 318 g/mol. The van der Waals surface area contributed by atoms with Crippen molar-refractivity contribution in [1.82, 2.24) is 0 Å². The van der Waals surface area contributed by atoms with Gasteiger partial charge in [-0.15, -0.1) is 0 Å². The fraction of sp³-hybridized carbons (Fsp3) is 0.111. The molecule has 1 aromatic heterocycles. The van der Waals surface area contributed by atoms with Gasteiger partial charge in [0.05, 0.1) is 25.5 Å². The van der Waals surface area contributed by atoms with Gasteiger partial charge in [0.25, 0.3) is 0 Å². The zero-order valence-corrected chi connectivity index (χ0v) is 11.2. The van der Waals surface area contributed by atoms with Crippen LogP contribution in [0.4, 0.5) is 0 Å². The Labute approximate surface area is 116 Å². The minimum Gasteiger partial charge on any atom is -0.455 e. The molecule has 0 amide bonds. The van der Waals surface area contributed by atoms with Crippen molar-refractivity contribution in [2.24, 2.45) is 0 Å². The van der Waals surface area contributed by atoms with Crippen molar-refractivity contribution < 1.29 is 9.52 Å². The fourth-order valence-corrected chi connectivity index (χ4v) is 2.61. The predicted molar refractivity (Wildman–Crippen MR) is 67.2 cm³/mol. The van der Waals surface area contributed by atoms with Gasteiger partial charge in [-0.05, 0) is 0 Å². The van der Waals surface area contributed by atoms with Crippen molar-refractivity contribution in [1.29, 1.82) is 0 Å². The number of furan rings is 1. The van der Waals surface area contributed by atoms with E-state index in [1.807, 2.05) is 0 Å². The Morgan fingerprint density at radius 3 is 1.94 bits per heavy atom. The van der Waals surface area contributed by atoms with E-state index in [9.17, 15) is 0 Å². The minimum atomic E-state index is -0.366. The summed E-state index contributed by atoms with van der Waals surface area (Å²) in [5.74, 6) is 0.166. The molecule has 0 saturated carbocycles. The number of rotatable bonds is 1. The maximum absolute atomic E-state index is 9.01. The van der Waals surface area contributed by atoms with Crippen LogP contribution in [0.2, 0.25) is 25.1 Å². The summed E-state index contributed by atoms with van der Waals surface area (Å²) in [4.78, 5) is 0. The minimum absolute atomic E-state index is 0.0933. The van der Waals surface area contributed by atoms with Crippen molar-refractivity contribution in [2.75, 3.05) is 0 Å². The third-order valence-corrected chi connectivity index (χ3v) is 4.24. The van der Waals surface area contributed by atoms with E-state index in [4.69, 9.17) is 67.5 Å². The Bertz CT molecular complexity index is 575. The first-order chi connectivity index (χ1) is 7.49. The number of hydrogen-bond acceptors (Lipinski definition) is 2. The van der Waals surface area contributed by atoms with Crippen LogP contribution < -0.4 is 0 Å². The van der Waals surface area contributed by atoms with Gasteiger partial charge in [0, 0.05) is 0 Å². The Morgan fingerprint density at radius 2 is 1.38 bits per heavy atom. The largest absolute Gasteiger partial charge is 0.455 e. The fourth-order valence-electron chi connectivity index (χ4n) is 1.31. The highest BCUT2D eigenvalue weighted by atomic mass is 35.5. The molecular formula is C9H3Cl5O2. The molecule has 1 aromatic carbocycles. The first kappa shape index (κ1) is 12.6. The van der Waals surface area contributed by atoms with Crippen LogP contribution >= 0.6 is 58.0 Å². The number of aliphatic hydroxyl groups is 1. The lowest BCUT2D eigenvalue weighted by Gasteiger charge is -2.02. The van der Waals surface area contributed by atoms with E-state index >= 15 is 0 Å². The topological polar surface area (TPSA) is 33.4 Å². The molecule has 86 valence electrons. The van der Waals surface area contributed by atoms with Gasteiger partial charge in [0.2, 0.25) is 0 Å². The highest BCUT2D eigenvalue weighted by Crippen LogP contribution is 2.47. The molecule has 0 aliphatic heterocycles. The summed E-state index contributed by atoms with van der Waals surface area (Å²) in [6.07, 6.45) is 0. The average Bonchev–Trinajstić information content (AvgIpc) is 2.61. The number of halogens is 5. The Balaban J connectivity index is 3.00. The molecule has 0 fully saturated rings. The first-order valence-electron chi connectivity index (χ1n) is 4.02. The van der Waals surface area contributed by atoms with Crippen LogP contribution in [0.25, 0.3) is 11.0 Å². The molecule has 1 heterocycles. The Morgan fingerprint density at radius 1 is 0.812 bits per heavy atom. The first-order valence-corrected chi connectivity index (χ1v) is 5.91. The lowest BCUT2D eigenvalue weighted by atomic mass is 10.2. The van der Waals surface area contributed by atoms with Crippen LogP contribution in [-0.2, 0) is 6.61 Å². The third-order valence-electron chi connectivity index (χ3n) is 2.06. The van der Waals surface area contributed by atoms with Gasteiger partial charge in [-0.3, -0.25) is 0 Å². The second-order valence-electron chi connectivity index (χ2n) is 2.96. The number of benzene rings is 1. The smallest absolute Gasteiger partial charge is 0.157 e. The molecular weight excluding hydrogens is 317 g/mol. The molecule has 2 rings (SSSR count). The van der Waals surface area contributed by atoms with Crippen LogP contribution in [0.5, 0.6) is 0 Å². The SMILES string of the molecule is OCc1oc2c(Cl)c(Cl)c(Cl)c(Cl)c2c1Cl.